The maximum absolute atomic E-state index is 12.8. The van der Waals surface area contributed by atoms with Gasteiger partial charge >= 0.3 is 5.97 Å². The van der Waals surface area contributed by atoms with Crippen LogP contribution in [0.2, 0.25) is 0 Å². The number of carbonyl (C=O) groups excluding carboxylic acids is 1. The van der Waals surface area contributed by atoms with E-state index >= 15 is 0 Å². The van der Waals surface area contributed by atoms with Crippen LogP contribution in [0.25, 0.3) is 22.5 Å². The van der Waals surface area contributed by atoms with Gasteiger partial charge in [-0.3, -0.25) is 4.79 Å². The number of hydrogen-bond acceptors (Lipinski definition) is 5. The molecule has 1 aromatic heterocycles. The second-order valence-corrected chi connectivity index (χ2v) is 11.2. The topological polar surface area (TPSA) is 52.3 Å². The minimum atomic E-state index is -0.340. The smallest absolute Gasteiger partial charge is 0.313 e. The average molecular weight is 562 g/mol. The number of benzene rings is 4. The molecule has 0 amide bonds. The molecule has 5 rings (SSSR count). The first-order chi connectivity index (χ1) is 20.1. The number of aromatic nitrogens is 1. The van der Waals surface area contributed by atoms with Gasteiger partial charge < -0.3 is 9.26 Å². The van der Waals surface area contributed by atoms with E-state index in [1.54, 1.807) is 0 Å². The van der Waals surface area contributed by atoms with Gasteiger partial charge in [0, 0.05) is 16.9 Å². The summed E-state index contributed by atoms with van der Waals surface area (Å²) in [5.74, 6) is 2.23. The first-order valence-electron chi connectivity index (χ1n) is 14.1. The number of esters is 1. The first-order valence-corrected chi connectivity index (χ1v) is 15.3. The number of nitrogens with zero attached hydrogens (tertiary/aromatic N) is 1. The van der Waals surface area contributed by atoms with E-state index in [0.717, 1.165) is 62.8 Å². The zero-order valence-corrected chi connectivity index (χ0v) is 24.4. The lowest BCUT2D eigenvalue weighted by molar-refractivity contribution is -0.144. The molecule has 208 valence electrons. The Bertz CT molecular complexity index is 1530. The Labute approximate surface area is 246 Å². The summed E-state index contributed by atoms with van der Waals surface area (Å²) in [5.41, 5.74) is 8.75. The fraction of sp³-hybridized carbons (Fsp3) is 0.222. The first kappa shape index (κ1) is 28.4. The number of carbonyl (C=O) groups is 1. The summed E-state index contributed by atoms with van der Waals surface area (Å²) in [6.07, 6.45) is 1.66. The van der Waals surface area contributed by atoms with Crippen molar-refractivity contribution in [2.45, 2.75) is 38.4 Å². The molecule has 0 aliphatic rings. The number of ether oxygens (including phenoxy) is 1. The number of thioether (sulfide) groups is 1. The van der Waals surface area contributed by atoms with E-state index in [0.29, 0.717) is 13.0 Å². The molecule has 1 unspecified atom stereocenters. The molecule has 41 heavy (non-hydrogen) atoms. The molecule has 0 spiro atoms. The molecule has 0 saturated carbocycles. The van der Waals surface area contributed by atoms with Crippen LogP contribution in [0.5, 0.6) is 0 Å². The highest BCUT2D eigenvalue weighted by Gasteiger charge is 2.22. The number of rotatable bonds is 12. The molecule has 0 aliphatic heterocycles. The normalized spacial score (nSPS) is 11.8. The standard InChI is InChI=1S/C36H35NO3S/c1-3-39-36(38)33(24-28-12-8-5-9-13-28)31-18-14-29(15-19-31)30-16-20-32(21-17-30)35-34(26(2)37-40-35)25-41-23-22-27-10-6-4-7-11-27/h4-21,33H,3,22-25H2,1-2H3. The Hall–Kier alpha value is -4.09. The van der Waals surface area contributed by atoms with Crippen molar-refractivity contribution >= 4 is 17.7 Å². The van der Waals surface area contributed by atoms with Crippen LogP contribution >= 0.6 is 11.8 Å². The molecule has 1 heterocycles. The molecule has 0 radical (unpaired) electrons. The van der Waals surface area contributed by atoms with Gasteiger partial charge in [0.2, 0.25) is 0 Å². The molecule has 5 heteroatoms. The van der Waals surface area contributed by atoms with Gasteiger partial charge in [-0.25, -0.2) is 0 Å². The maximum Gasteiger partial charge on any atom is 0.313 e. The summed E-state index contributed by atoms with van der Waals surface area (Å²) in [6.45, 7) is 4.23. The van der Waals surface area contributed by atoms with E-state index in [9.17, 15) is 4.79 Å². The van der Waals surface area contributed by atoms with Crippen molar-refractivity contribution in [3.8, 4) is 22.5 Å². The Kier molecular flexibility index (Phi) is 9.71. The second kappa shape index (κ2) is 14.0. The van der Waals surface area contributed by atoms with Crippen LogP contribution in [0.15, 0.2) is 114 Å². The minimum Gasteiger partial charge on any atom is -0.466 e. The highest BCUT2D eigenvalue weighted by Crippen LogP contribution is 2.32. The van der Waals surface area contributed by atoms with Crippen LogP contribution in [0, 0.1) is 6.92 Å². The van der Waals surface area contributed by atoms with Crippen molar-refractivity contribution in [1.29, 1.82) is 0 Å². The van der Waals surface area contributed by atoms with E-state index in [2.05, 4.69) is 71.9 Å². The maximum atomic E-state index is 12.8. The van der Waals surface area contributed by atoms with Gasteiger partial charge in [0.25, 0.3) is 0 Å². The summed E-state index contributed by atoms with van der Waals surface area (Å²) in [4.78, 5) is 12.8. The summed E-state index contributed by atoms with van der Waals surface area (Å²) in [5, 5.41) is 4.27. The van der Waals surface area contributed by atoms with Crippen molar-refractivity contribution in [2.24, 2.45) is 0 Å². The lowest BCUT2D eigenvalue weighted by atomic mass is 9.90. The van der Waals surface area contributed by atoms with E-state index in [1.807, 2.05) is 68.1 Å². The van der Waals surface area contributed by atoms with E-state index in [1.165, 1.54) is 5.56 Å². The van der Waals surface area contributed by atoms with Crippen LogP contribution in [-0.2, 0) is 28.1 Å². The van der Waals surface area contributed by atoms with Gasteiger partial charge in [-0.1, -0.05) is 114 Å². The lowest BCUT2D eigenvalue weighted by Crippen LogP contribution is -2.18. The third-order valence-corrected chi connectivity index (χ3v) is 8.24. The third-order valence-electron chi connectivity index (χ3n) is 7.26. The summed E-state index contributed by atoms with van der Waals surface area (Å²) < 4.78 is 11.2. The van der Waals surface area contributed by atoms with Gasteiger partial charge in [0.05, 0.1) is 18.2 Å². The van der Waals surface area contributed by atoms with Crippen LogP contribution in [0.3, 0.4) is 0 Å². The molecule has 4 nitrogen and oxygen atoms in total. The molecular formula is C36H35NO3S. The van der Waals surface area contributed by atoms with Gasteiger partial charge in [-0.15, -0.1) is 0 Å². The van der Waals surface area contributed by atoms with Crippen molar-refractivity contribution in [2.75, 3.05) is 12.4 Å². The predicted molar refractivity (Wildman–Crippen MR) is 168 cm³/mol. The largest absolute Gasteiger partial charge is 0.466 e. The third kappa shape index (κ3) is 7.36. The van der Waals surface area contributed by atoms with Gasteiger partial charge in [-0.05, 0) is 60.3 Å². The highest BCUT2D eigenvalue weighted by atomic mass is 32.2. The number of aryl methyl sites for hydroxylation is 2. The Balaban J connectivity index is 1.26. The molecule has 1 atom stereocenters. The van der Waals surface area contributed by atoms with Gasteiger partial charge in [0.1, 0.15) is 0 Å². The number of hydrogen-bond donors (Lipinski definition) is 0. The summed E-state index contributed by atoms with van der Waals surface area (Å²) in [6, 6.07) is 37.3. The minimum absolute atomic E-state index is 0.190. The monoisotopic (exact) mass is 561 g/mol. The molecule has 0 fully saturated rings. The van der Waals surface area contributed by atoms with Crippen LogP contribution in [0.4, 0.5) is 0 Å². The average Bonchev–Trinajstić information content (AvgIpc) is 3.39. The molecule has 0 bridgehead atoms. The van der Waals surface area contributed by atoms with Crippen molar-refractivity contribution in [1.82, 2.24) is 5.16 Å². The second-order valence-electron chi connectivity index (χ2n) is 10.1. The fourth-order valence-electron chi connectivity index (χ4n) is 4.95. The van der Waals surface area contributed by atoms with E-state index in [-0.39, 0.29) is 11.9 Å². The molecule has 5 aromatic rings. The van der Waals surface area contributed by atoms with Crippen molar-refractivity contribution in [3.05, 3.63) is 137 Å². The van der Waals surface area contributed by atoms with Crippen molar-refractivity contribution in [3.63, 3.8) is 0 Å². The predicted octanol–water partition coefficient (Wildman–Crippen LogP) is 8.68. The molecule has 0 saturated heterocycles. The van der Waals surface area contributed by atoms with Crippen molar-refractivity contribution < 1.29 is 14.1 Å². The van der Waals surface area contributed by atoms with Crippen LogP contribution in [0.1, 0.15) is 40.8 Å². The highest BCUT2D eigenvalue weighted by molar-refractivity contribution is 7.98. The molecule has 0 N–H and O–H groups in total. The molecule has 0 aliphatic carbocycles. The van der Waals surface area contributed by atoms with Gasteiger partial charge in [-0.2, -0.15) is 11.8 Å². The van der Waals surface area contributed by atoms with Crippen LogP contribution in [-0.4, -0.2) is 23.5 Å². The zero-order chi connectivity index (χ0) is 28.4. The fourth-order valence-corrected chi connectivity index (χ4v) is 6.01. The van der Waals surface area contributed by atoms with Gasteiger partial charge in [0.15, 0.2) is 5.76 Å². The summed E-state index contributed by atoms with van der Waals surface area (Å²) >= 11 is 1.90. The SMILES string of the molecule is CCOC(=O)C(Cc1ccccc1)c1ccc(-c2ccc(-c3onc(C)c3CSCCc3ccccc3)cc2)cc1. The quantitative estimate of drug-likeness (QED) is 0.113. The molecule has 4 aromatic carbocycles. The Morgan fingerprint density at radius 2 is 1.39 bits per heavy atom. The van der Waals surface area contributed by atoms with E-state index in [4.69, 9.17) is 9.26 Å². The lowest BCUT2D eigenvalue weighted by Gasteiger charge is -2.17. The summed E-state index contributed by atoms with van der Waals surface area (Å²) in [7, 11) is 0. The zero-order valence-electron chi connectivity index (χ0n) is 23.6. The van der Waals surface area contributed by atoms with Crippen LogP contribution < -0.4 is 0 Å². The van der Waals surface area contributed by atoms with E-state index < -0.39 is 0 Å². The Morgan fingerprint density at radius 1 is 0.805 bits per heavy atom. The molecular weight excluding hydrogens is 526 g/mol. The Morgan fingerprint density at radius 3 is 2.02 bits per heavy atom.